The first-order valence-electron chi connectivity index (χ1n) is 6.31. The van der Waals surface area contributed by atoms with Crippen LogP contribution in [0.3, 0.4) is 0 Å². The normalized spacial score (nSPS) is 11.8. The van der Waals surface area contributed by atoms with Crippen molar-refractivity contribution >= 4 is 43.5 Å². The first-order chi connectivity index (χ1) is 9.54. The highest BCUT2D eigenvalue weighted by Gasteiger charge is 2.21. The lowest BCUT2D eigenvalue weighted by Crippen LogP contribution is -2.29. The van der Waals surface area contributed by atoms with E-state index in [0.717, 1.165) is 6.42 Å². The van der Waals surface area contributed by atoms with Crippen molar-refractivity contribution in [2.45, 2.75) is 25.2 Å². The van der Waals surface area contributed by atoms with Gasteiger partial charge in [-0.25, -0.2) is 13.6 Å². The number of hydrogen-bond donors (Lipinski definition) is 1. The molecule has 0 heterocycles. The lowest BCUT2D eigenvalue weighted by Gasteiger charge is -2.19. The van der Waals surface area contributed by atoms with E-state index in [1.165, 1.54) is 17.0 Å². The quantitative estimate of drug-likeness (QED) is 0.829. The minimum atomic E-state index is -3.93. The van der Waals surface area contributed by atoms with E-state index in [-0.39, 0.29) is 25.9 Å². The zero-order valence-corrected chi connectivity index (χ0v) is 15.2. The maximum Gasteiger partial charge on any atom is 0.255 e. The van der Waals surface area contributed by atoms with Crippen LogP contribution in [-0.2, 0) is 10.0 Å². The van der Waals surface area contributed by atoms with Crippen LogP contribution in [0.25, 0.3) is 0 Å². The maximum atomic E-state index is 12.4. The van der Waals surface area contributed by atoms with E-state index in [0.29, 0.717) is 12.5 Å². The Balaban J connectivity index is 3.16. The zero-order chi connectivity index (χ0) is 16.4. The molecule has 2 N–H and O–H groups in total. The van der Waals surface area contributed by atoms with Gasteiger partial charge < -0.3 is 4.90 Å². The fourth-order valence-electron chi connectivity index (χ4n) is 1.67. The molecule has 1 amide bonds. The molecule has 0 fully saturated rings. The van der Waals surface area contributed by atoms with Gasteiger partial charge >= 0.3 is 0 Å². The molecule has 5 nitrogen and oxygen atoms in total. The highest BCUT2D eigenvalue weighted by atomic mass is 79.9. The van der Waals surface area contributed by atoms with E-state index < -0.39 is 10.0 Å². The average Bonchev–Trinajstić information content (AvgIpc) is 2.33. The van der Waals surface area contributed by atoms with Crippen LogP contribution in [0.4, 0.5) is 0 Å². The number of hydrogen-bond acceptors (Lipinski definition) is 3. The number of sulfonamides is 1. The molecule has 0 spiro atoms. The molecule has 1 rings (SSSR count). The second-order valence-electron chi connectivity index (χ2n) is 5.22. The number of benzene rings is 1. The summed E-state index contributed by atoms with van der Waals surface area (Å²) in [7, 11) is -2.28. The Morgan fingerprint density at radius 2 is 2.00 bits per heavy atom. The highest BCUT2D eigenvalue weighted by molar-refractivity contribution is 9.10. The number of nitrogens with zero attached hydrogens (tertiary/aromatic N) is 1. The molecule has 8 heteroatoms. The molecule has 0 atom stereocenters. The minimum Gasteiger partial charge on any atom is -0.342 e. The summed E-state index contributed by atoms with van der Waals surface area (Å²) < 4.78 is 23.2. The third kappa shape index (κ3) is 4.95. The van der Waals surface area contributed by atoms with Gasteiger partial charge in [-0.1, -0.05) is 25.4 Å². The van der Waals surface area contributed by atoms with Gasteiger partial charge in [0, 0.05) is 18.1 Å². The summed E-state index contributed by atoms with van der Waals surface area (Å²) in [6.07, 6.45) is 0.846. The number of nitrogens with two attached hydrogens (primary N) is 1. The van der Waals surface area contributed by atoms with Crippen molar-refractivity contribution in [2.75, 3.05) is 13.6 Å². The summed E-state index contributed by atoms with van der Waals surface area (Å²) in [6, 6.07) is 2.57. The lowest BCUT2D eigenvalue weighted by molar-refractivity contribution is 0.0789. The molecule has 0 radical (unpaired) electrons. The Hall–Kier alpha value is -0.630. The third-order valence-electron chi connectivity index (χ3n) is 2.95. The molecule has 0 aliphatic carbocycles. The summed E-state index contributed by atoms with van der Waals surface area (Å²) in [5.74, 6) is 0.124. The van der Waals surface area contributed by atoms with Crippen LogP contribution in [0.2, 0.25) is 5.02 Å². The third-order valence-corrected chi connectivity index (χ3v) is 5.13. The molecule has 1 aromatic carbocycles. The Morgan fingerprint density at radius 1 is 1.43 bits per heavy atom. The van der Waals surface area contributed by atoms with Gasteiger partial charge in [0.25, 0.3) is 5.91 Å². The molecular formula is C13H18BrClN2O3S. The van der Waals surface area contributed by atoms with Crippen molar-refractivity contribution in [2.24, 2.45) is 11.1 Å². The number of halogens is 2. The van der Waals surface area contributed by atoms with Crippen molar-refractivity contribution in [1.29, 1.82) is 0 Å². The molecule has 0 aromatic heterocycles. The van der Waals surface area contributed by atoms with Crippen molar-refractivity contribution in [1.82, 2.24) is 4.90 Å². The van der Waals surface area contributed by atoms with Crippen molar-refractivity contribution in [3.63, 3.8) is 0 Å². The van der Waals surface area contributed by atoms with Gasteiger partial charge in [-0.05, 0) is 40.4 Å². The van der Waals surface area contributed by atoms with Gasteiger partial charge in [0.05, 0.1) is 15.5 Å². The monoisotopic (exact) mass is 396 g/mol. The molecule has 0 unspecified atom stereocenters. The fraction of sp³-hybridized carbons (Fsp3) is 0.462. The summed E-state index contributed by atoms with van der Waals surface area (Å²) in [5.41, 5.74) is 0.121. The zero-order valence-electron chi connectivity index (χ0n) is 12.1. The molecule has 21 heavy (non-hydrogen) atoms. The number of carbonyl (C=O) groups excluding carboxylic acids is 1. The smallest absolute Gasteiger partial charge is 0.255 e. The second kappa shape index (κ2) is 7.09. The number of carbonyl (C=O) groups is 1. The molecule has 0 bridgehead atoms. The second-order valence-corrected chi connectivity index (χ2v) is 8.01. The van der Waals surface area contributed by atoms with Gasteiger partial charge in [-0.2, -0.15) is 0 Å². The summed E-state index contributed by atoms with van der Waals surface area (Å²) >= 11 is 9.12. The fourth-order valence-corrected chi connectivity index (χ4v) is 3.68. The van der Waals surface area contributed by atoms with Crippen LogP contribution >= 0.6 is 27.5 Å². The van der Waals surface area contributed by atoms with Gasteiger partial charge in [0.1, 0.15) is 0 Å². The van der Waals surface area contributed by atoms with Crippen LogP contribution in [-0.4, -0.2) is 32.8 Å². The van der Waals surface area contributed by atoms with Crippen molar-refractivity contribution in [3.05, 3.63) is 27.2 Å². The molecule has 0 aliphatic heterocycles. The maximum absolute atomic E-state index is 12.4. The Bertz CT molecular complexity index is 647. The van der Waals surface area contributed by atoms with Crippen LogP contribution in [0, 0.1) is 5.92 Å². The number of rotatable bonds is 5. The lowest BCUT2D eigenvalue weighted by atomic mass is 10.1. The molecule has 1 aromatic rings. The first-order valence-corrected chi connectivity index (χ1v) is 9.03. The predicted octanol–water partition coefficient (Wildman–Crippen LogP) is 2.87. The average molecular weight is 398 g/mol. The predicted molar refractivity (Wildman–Crippen MR) is 86.9 cm³/mol. The van der Waals surface area contributed by atoms with Gasteiger partial charge in [0.15, 0.2) is 0 Å². The number of primary sulfonamides is 1. The Morgan fingerprint density at radius 3 is 2.48 bits per heavy atom. The summed E-state index contributed by atoms with van der Waals surface area (Å²) in [4.78, 5) is 13.7. The van der Waals surface area contributed by atoms with E-state index in [9.17, 15) is 13.2 Å². The topological polar surface area (TPSA) is 80.5 Å². The van der Waals surface area contributed by atoms with Crippen molar-refractivity contribution < 1.29 is 13.2 Å². The molecule has 0 saturated carbocycles. The van der Waals surface area contributed by atoms with E-state index in [4.69, 9.17) is 16.7 Å². The van der Waals surface area contributed by atoms with Gasteiger partial charge in [-0.15, -0.1) is 0 Å². The molecular weight excluding hydrogens is 380 g/mol. The van der Waals surface area contributed by atoms with Gasteiger partial charge in [-0.3, -0.25) is 4.79 Å². The van der Waals surface area contributed by atoms with E-state index in [1.54, 1.807) is 7.05 Å². The summed E-state index contributed by atoms with van der Waals surface area (Å²) in [5, 5.41) is 5.30. The standard InChI is InChI=1S/C13H18BrClN2O3S/c1-8(2)4-5-17(3)13(18)9-6-12(21(16,19)20)10(14)7-11(9)15/h6-8H,4-5H2,1-3H3,(H2,16,19,20). The molecule has 118 valence electrons. The van der Waals surface area contributed by atoms with Gasteiger partial charge in [0.2, 0.25) is 10.0 Å². The minimum absolute atomic E-state index is 0.121. The Labute approximate surface area is 138 Å². The van der Waals surface area contributed by atoms with Crippen LogP contribution in [0.5, 0.6) is 0 Å². The van der Waals surface area contributed by atoms with E-state index in [2.05, 4.69) is 29.8 Å². The van der Waals surface area contributed by atoms with E-state index >= 15 is 0 Å². The SMILES string of the molecule is CC(C)CCN(C)C(=O)c1cc(S(N)(=O)=O)c(Br)cc1Cl. The number of amides is 1. The largest absolute Gasteiger partial charge is 0.342 e. The van der Waals surface area contributed by atoms with Crippen LogP contribution < -0.4 is 5.14 Å². The molecule has 0 aliphatic rings. The molecule has 0 saturated heterocycles. The first kappa shape index (κ1) is 18.4. The van der Waals surface area contributed by atoms with E-state index in [1.807, 2.05) is 0 Å². The Kier molecular flexibility index (Phi) is 6.22. The van der Waals surface area contributed by atoms with Crippen molar-refractivity contribution in [3.8, 4) is 0 Å². The van der Waals surface area contributed by atoms with Crippen LogP contribution in [0.15, 0.2) is 21.5 Å². The van der Waals surface area contributed by atoms with Crippen LogP contribution in [0.1, 0.15) is 30.6 Å². The highest BCUT2D eigenvalue weighted by Crippen LogP contribution is 2.29. The summed E-state index contributed by atoms with van der Waals surface area (Å²) in [6.45, 7) is 4.68.